The molecule has 0 aromatic rings. The Morgan fingerprint density at radius 3 is 2.12 bits per heavy atom. The van der Waals surface area contributed by atoms with Gasteiger partial charge in [0, 0.05) is 4.83 Å². The van der Waals surface area contributed by atoms with E-state index in [0.717, 1.165) is 11.8 Å². The maximum atomic E-state index is 3.80. The van der Waals surface area contributed by atoms with Crippen LogP contribution in [0.5, 0.6) is 0 Å². The summed E-state index contributed by atoms with van der Waals surface area (Å²) in [6.07, 6.45) is 11.5. The fourth-order valence-electron chi connectivity index (χ4n) is 2.10. The van der Waals surface area contributed by atoms with Crippen LogP contribution in [0.15, 0.2) is 12.7 Å². The van der Waals surface area contributed by atoms with Crippen LogP contribution in [0.3, 0.4) is 0 Å². The zero-order valence-corrected chi connectivity index (χ0v) is 12.9. The maximum absolute atomic E-state index is 3.80. The number of halogens is 1. The number of alkyl halides is 1. The summed E-state index contributed by atoms with van der Waals surface area (Å²) in [5, 5.41) is 0. The van der Waals surface area contributed by atoms with Gasteiger partial charge in [0.05, 0.1) is 0 Å². The molecule has 2 atom stereocenters. The van der Waals surface area contributed by atoms with E-state index in [1.54, 1.807) is 0 Å². The van der Waals surface area contributed by atoms with Crippen LogP contribution in [-0.4, -0.2) is 4.83 Å². The number of rotatable bonds is 10. The monoisotopic (exact) mass is 288 g/mol. The van der Waals surface area contributed by atoms with Crippen LogP contribution in [0.1, 0.15) is 65.7 Å². The summed E-state index contributed by atoms with van der Waals surface area (Å²) < 4.78 is 0. The summed E-state index contributed by atoms with van der Waals surface area (Å²) in [4.78, 5) is 0.688. The fourth-order valence-corrected chi connectivity index (χ4v) is 2.37. The molecule has 16 heavy (non-hydrogen) atoms. The van der Waals surface area contributed by atoms with Gasteiger partial charge in [-0.2, -0.15) is 0 Å². The predicted octanol–water partition coefficient (Wildman–Crippen LogP) is 5.96. The van der Waals surface area contributed by atoms with Gasteiger partial charge in [-0.1, -0.05) is 68.5 Å². The molecule has 0 aromatic carbocycles. The number of allylic oxidation sites excluding steroid dienone is 1. The molecule has 0 rings (SSSR count). The summed E-state index contributed by atoms with van der Waals surface area (Å²) in [5.41, 5.74) is 0. The van der Waals surface area contributed by atoms with Gasteiger partial charge < -0.3 is 0 Å². The lowest BCUT2D eigenvalue weighted by Gasteiger charge is -2.21. The molecule has 0 nitrogen and oxygen atoms in total. The first kappa shape index (κ1) is 16.2. The third-order valence-corrected chi connectivity index (χ3v) is 5.21. The summed E-state index contributed by atoms with van der Waals surface area (Å²) >= 11 is 3.80. The molecule has 0 heterocycles. The highest BCUT2D eigenvalue weighted by Gasteiger charge is 2.16. The number of hydrogen-bond donors (Lipinski definition) is 0. The molecule has 0 aliphatic heterocycles. The standard InChI is InChI=1S/C15H29Br/c1-5-6-7-8-9-10-11-12-14(4)15(16)13(2)3/h5,13-15H,1,6-12H2,2-4H3. The van der Waals surface area contributed by atoms with Crippen LogP contribution < -0.4 is 0 Å². The van der Waals surface area contributed by atoms with Crippen molar-refractivity contribution in [2.24, 2.45) is 11.8 Å². The van der Waals surface area contributed by atoms with Gasteiger partial charge in [-0.25, -0.2) is 0 Å². The Morgan fingerprint density at radius 2 is 1.56 bits per heavy atom. The van der Waals surface area contributed by atoms with E-state index in [9.17, 15) is 0 Å². The van der Waals surface area contributed by atoms with Crippen molar-refractivity contribution in [3.63, 3.8) is 0 Å². The van der Waals surface area contributed by atoms with Gasteiger partial charge in [0.2, 0.25) is 0 Å². The van der Waals surface area contributed by atoms with Gasteiger partial charge in [0.25, 0.3) is 0 Å². The Labute approximate surface area is 111 Å². The van der Waals surface area contributed by atoms with Crippen LogP contribution >= 0.6 is 15.9 Å². The molecule has 0 radical (unpaired) electrons. The van der Waals surface area contributed by atoms with Crippen molar-refractivity contribution in [1.82, 2.24) is 0 Å². The summed E-state index contributed by atoms with van der Waals surface area (Å²) in [5.74, 6) is 1.57. The molecule has 0 fully saturated rings. The molecule has 1 heteroatoms. The van der Waals surface area contributed by atoms with E-state index in [1.807, 2.05) is 6.08 Å². The minimum atomic E-state index is 0.688. The lowest BCUT2D eigenvalue weighted by atomic mass is 9.93. The molecule has 0 saturated heterocycles. The molecular formula is C15H29Br. The van der Waals surface area contributed by atoms with Crippen LogP contribution in [0.4, 0.5) is 0 Å². The van der Waals surface area contributed by atoms with Crippen LogP contribution in [0, 0.1) is 11.8 Å². The van der Waals surface area contributed by atoms with Gasteiger partial charge in [-0.3, -0.25) is 0 Å². The van der Waals surface area contributed by atoms with Crippen molar-refractivity contribution in [3.8, 4) is 0 Å². The lowest BCUT2D eigenvalue weighted by Crippen LogP contribution is -2.17. The SMILES string of the molecule is C=CCCCCCCCC(C)C(Br)C(C)C. The van der Waals surface area contributed by atoms with Crippen LogP contribution in [0.2, 0.25) is 0 Å². The Morgan fingerprint density at radius 1 is 1.00 bits per heavy atom. The predicted molar refractivity (Wildman–Crippen MR) is 79.2 cm³/mol. The van der Waals surface area contributed by atoms with Gasteiger partial charge >= 0.3 is 0 Å². The minimum Gasteiger partial charge on any atom is -0.103 e. The molecule has 2 unspecified atom stereocenters. The van der Waals surface area contributed by atoms with Gasteiger partial charge in [0.1, 0.15) is 0 Å². The number of hydrogen-bond acceptors (Lipinski definition) is 0. The number of unbranched alkanes of at least 4 members (excludes halogenated alkanes) is 5. The molecular weight excluding hydrogens is 260 g/mol. The zero-order valence-electron chi connectivity index (χ0n) is 11.3. The molecule has 96 valence electrons. The molecule has 0 N–H and O–H groups in total. The Bertz CT molecular complexity index is 163. The highest BCUT2D eigenvalue weighted by atomic mass is 79.9. The quantitative estimate of drug-likeness (QED) is 0.264. The Kier molecular flexibility index (Phi) is 10.5. The van der Waals surface area contributed by atoms with Crippen molar-refractivity contribution in [2.75, 3.05) is 0 Å². The first-order valence-electron chi connectivity index (χ1n) is 6.84. The second-order valence-corrected chi connectivity index (χ2v) is 6.36. The normalized spacial score (nSPS) is 15.1. The van der Waals surface area contributed by atoms with E-state index in [4.69, 9.17) is 0 Å². The fraction of sp³-hybridized carbons (Fsp3) is 0.867. The highest BCUT2D eigenvalue weighted by Crippen LogP contribution is 2.25. The van der Waals surface area contributed by atoms with Crippen molar-refractivity contribution in [3.05, 3.63) is 12.7 Å². The average Bonchev–Trinajstić information content (AvgIpc) is 2.26. The first-order chi connectivity index (χ1) is 7.59. The summed E-state index contributed by atoms with van der Waals surface area (Å²) in [6.45, 7) is 10.7. The highest BCUT2D eigenvalue weighted by molar-refractivity contribution is 9.09. The van der Waals surface area contributed by atoms with Crippen LogP contribution in [0.25, 0.3) is 0 Å². The molecule has 0 aliphatic rings. The summed E-state index contributed by atoms with van der Waals surface area (Å²) in [7, 11) is 0. The second kappa shape index (κ2) is 10.4. The van der Waals surface area contributed by atoms with Gasteiger partial charge in [0.15, 0.2) is 0 Å². The third kappa shape index (κ3) is 8.38. The smallest absolute Gasteiger partial charge is 0.0194 e. The molecule has 0 amide bonds. The molecule has 0 bridgehead atoms. The first-order valence-corrected chi connectivity index (χ1v) is 7.76. The molecule has 0 aromatic heterocycles. The molecule has 0 spiro atoms. The lowest BCUT2D eigenvalue weighted by molar-refractivity contribution is 0.417. The van der Waals surface area contributed by atoms with Crippen LogP contribution in [-0.2, 0) is 0 Å². The van der Waals surface area contributed by atoms with Gasteiger partial charge in [-0.15, -0.1) is 6.58 Å². The zero-order chi connectivity index (χ0) is 12.4. The third-order valence-electron chi connectivity index (χ3n) is 3.25. The Hall–Kier alpha value is 0.220. The van der Waals surface area contributed by atoms with E-state index < -0.39 is 0 Å². The molecule has 0 saturated carbocycles. The largest absolute Gasteiger partial charge is 0.103 e. The van der Waals surface area contributed by atoms with Crippen molar-refractivity contribution in [2.45, 2.75) is 70.5 Å². The topological polar surface area (TPSA) is 0 Å². The van der Waals surface area contributed by atoms with E-state index in [0.29, 0.717) is 4.83 Å². The van der Waals surface area contributed by atoms with Gasteiger partial charge in [-0.05, 0) is 31.1 Å². The maximum Gasteiger partial charge on any atom is 0.0194 e. The second-order valence-electron chi connectivity index (χ2n) is 5.30. The van der Waals surface area contributed by atoms with Crippen molar-refractivity contribution >= 4 is 15.9 Å². The van der Waals surface area contributed by atoms with E-state index in [1.165, 1.54) is 44.9 Å². The van der Waals surface area contributed by atoms with E-state index >= 15 is 0 Å². The van der Waals surface area contributed by atoms with E-state index in [-0.39, 0.29) is 0 Å². The Balaban J connectivity index is 3.34. The average molecular weight is 289 g/mol. The van der Waals surface area contributed by atoms with E-state index in [2.05, 4.69) is 43.3 Å². The molecule has 0 aliphatic carbocycles. The minimum absolute atomic E-state index is 0.688. The van der Waals surface area contributed by atoms with Crippen molar-refractivity contribution < 1.29 is 0 Å². The van der Waals surface area contributed by atoms with Crippen molar-refractivity contribution in [1.29, 1.82) is 0 Å². The summed E-state index contributed by atoms with van der Waals surface area (Å²) in [6, 6.07) is 0.